The monoisotopic (exact) mass is 320 g/mol. The number of thioether (sulfide) groups is 1. The molecule has 0 aliphatic heterocycles. The molecule has 2 aromatic carbocycles. The zero-order chi connectivity index (χ0) is 15.2. The van der Waals surface area contributed by atoms with Crippen molar-refractivity contribution in [3.05, 3.63) is 59.4 Å². The van der Waals surface area contributed by atoms with Crippen LogP contribution in [-0.4, -0.2) is 17.8 Å². The summed E-state index contributed by atoms with van der Waals surface area (Å²) in [5.74, 6) is -0.213. The molecule has 0 saturated heterocycles. The van der Waals surface area contributed by atoms with Gasteiger partial charge in [0.05, 0.1) is 0 Å². The Hall–Kier alpha value is -1.59. The van der Waals surface area contributed by atoms with Crippen LogP contribution in [0.4, 0.5) is 10.1 Å². The number of hydrogen-bond acceptors (Lipinski definition) is 3. The minimum Gasteiger partial charge on any atom is -0.389 e. The van der Waals surface area contributed by atoms with Gasteiger partial charge in [-0.05, 0) is 42.5 Å². The van der Waals surface area contributed by atoms with Gasteiger partial charge in [-0.3, -0.25) is 0 Å². The molecule has 21 heavy (non-hydrogen) atoms. The minimum absolute atomic E-state index is 0.213. The maximum Gasteiger partial charge on any atom is 0.123 e. The van der Waals surface area contributed by atoms with Crippen molar-refractivity contribution in [1.82, 2.24) is 0 Å². The van der Waals surface area contributed by atoms with Gasteiger partial charge in [-0.15, -0.1) is 11.8 Å². The zero-order valence-corrected chi connectivity index (χ0v) is 13.4. The highest BCUT2D eigenvalue weighted by molar-refractivity contribution is 7.98. The largest absolute Gasteiger partial charge is 0.389 e. The molecule has 0 fully saturated rings. The molecule has 2 nitrogen and oxygen atoms in total. The predicted octanol–water partition coefficient (Wildman–Crippen LogP) is 3.84. The first kappa shape index (κ1) is 15.8. The van der Waals surface area contributed by atoms with E-state index < -0.39 is 0 Å². The van der Waals surface area contributed by atoms with Crippen molar-refractivity contribution in [1.29, 1.82) is 0 Å². The van der Waals surface area contributed by atoms with Gasteiger partial charge in [0.15, 0.2) is 0 Å². The van der Waals surface area contributed by atoms with Crippen molar-refractivity contribution in [2.45, 2.75) is 11.3 Å². The summed E-state index contributed by atoms with van der Waals surface area (Å²) in [6, 6.07) is 12.5. The topological polar surface area (TPSA) is 38.0 Å². The number of hydrogen-bond donors (Lipinski definition) is 2. The van der Waals surface area contributed by atoms with Gasteiger partial charge in [0.2, 0.25) is 0 Å². The molecular weight excluding hydrogens is 303 g/mol. The van der Waals surface area contributed by atoms with E-state index in [9.17, 15) is 4.39 Å². The SMILES string of the molecule is CSc1cccc(NCCc2ccc(F)cc2)c1C(N)=S. The lowest BCUT2D eigenvalue weighted by Crippen LogP contribution is -2.15. The first-order valence-electron chi connectivity index (χ1n) is 6.57. The van der Waals surface area contributed by atoms with Crippen molar-refractivity contribution in [3.63, 3.8) is 0 Å². The molecule has 2 aromatic rings. The molecule has 0 saturated carbocycles. The van der Waals surface area contributed by atoms with Gasteiger partial charge < -0.3 is 11.1 Å². The number of nitrogens with one attached hydrogen (secondary N) is 1. The van der Waals surface area contributed by atoms with E-state index in [4.69, 9.17) is 18.0 Å². The Morgan fingerprint density at radius 1 is 1.24 bits per heavy atom. The van der Waals surface area contributed by atoms with Crippen LogP contribution in [0.3, 0.4) is 0 Å². The Bertz CT molecular complexity index is 627. The van der Waals surface area contributed by atoms with Gasteiger partial charge in [0.1, 0.15) is 10.8 Å². The summed E-state index contributed by atoms with van der Waals surface area (Å²) in [4.78, 5) is 1.46. The van der Waals surface area contributed by atoms with Crippen LogP contribution in [-0.2, 0) is 6.42 Å². The van der Waals surface area contributed by atoms with Gasteiger partial charge >= 0.3 is 0 Å². The van der Waals surface area contributed by atoms with Crippen molar-refractivity contribution < 1.29 is 4.39 Å². The fourth-order valence-electron chi connectivity index (χ4n) is 2.10. The van der Waals surface area contributed by atoms with Crippen LogP contribution in [0, 0.1) is 5.82 Å². The summed E-state index contributed by atoms with van der Waals surface area (Å²) in [5, 5.41) is 3.36. The maximum absolute atomic E-state index is 12.9. The van der Waals surface area contributed by atoms with Crippen LogP contribution in [0.5, 0.6) is 0 Å². The highest BCUT2D eigenvalue weighted by atomic mass is 32.2. The molecule has 0 aromatic heterocycles. The smallest absolute Gasteiger partial charge is 0.123 e. The van der Waals surface area contributed by atoms with E-state index in [1.54, 1.807) is 23.9 Å². The fourth-order valence-corrected chi connectivity index (χ4v) is 3.02. The molecular formula is C16H17FN2S2. The van der Waals surface area contributed by atoms with E-state index in [-0.39, 0.29) is 5.82 Å². The van der Waals surface area contributed by atoms with Crippen molar-refractivity contribution in [2.75, 3.05) is 18.1 Å². The molecule has 0 aliphatic carbocycles. The molecule has 0 spiro atoms. The highest BCUT2D eigenvalue weighted by Crippen LogP contribution is 2.27. The molecule has 5 heteroatoms. The van der Waals surface area contributed by atoms with Crippen molar-refractivity contribution in [3.8, 4) is 0 Å². The predicted molar refractivity (Wildman–Crippen MR) is 92.7 cm³/mol. The Morgan fingerprint density at radius 2 is 1.95 bits per heavy atom. The quantitative estimate of drug-likeness (QED) is 0.626. The molecule has 0 aliphatic rings. The molecule has 0 radical (unpaired) electrons. The van der Waals surface area contributed by atoms with E-state index >= 15 is 0 Å². The molecule has 0 bridgehead atoms. The standard InChI is InChI=1S/C16H17FN2S2/c1-21-14-4-2-3-13(15(14)16(18)20)19-10-9-11-5-7-12(17)8-6-11/h2-8,19H,9-10H2,1H3,(H2,18,20). The van der Waals surface area contributed by atoms with Crippen LogP contribution >= 0.6 is 24.0 Å². The highest BCUT2D eigenvalue weighted by Gasteiger charge is 2.10. The number of nitrogens with two attached hydrogens (primary N) is 1. The fraction of sp³-hybridized carbons (Fsp3) is 0.188. The van der Waals surface area contributed by atoms with Crippen LogP contribution in [0.1, 0.15) is 11.1 Å². The number of rotatable bonds is 6. The van der Waals surface area contributed by atoms with Crippen molar-refractivity contribution >= 4 is 34.7 Å². The summed E-state index contributed by atoms with van der Waals surface area (Å²) >= 11 is 6.76. The Kier molecular flexibility index (Phi) is 5.59. The van der Waals surface area contributed by atoms with E-state index in [1.807, 2.05) is 24.5 Å². The third-order valence-corrected chi connectivity index (χ3v) is 4.12. The Morgan fingerprint density at radius 3 is 2.57 bits per heavy atom. The summed E-state index contributed by atoms with van der Waals surface area (Å²) in [5.41, 5.74) is 8.74. The normalized spacial score (nSPS) is 10.4. The molecule has 3 N–H and O–H groups in total. The lowest BCUT2D eigenvalue weighted by Gasteiger charge is -2.14. The van der Waals surface area contributed by atoms with E-state index in [0.717, 1.165) is 34.7 Å². The molecule has 0 amide bonds. The molecule has 0 unspecified atom stereocenters. The first-order chi connectivity index (χ1) is 10.1. The second-order valence-electron chi connectivity index (χ2n) is 4.55. The van der Waals surface area contributed by atoms with E-state index in [1.165, 1.54) is 12.1 Å². The summed E-state index contributed by atoms with van der Waals surface area (Å²) < 4.78 is 12.9. The first-order valence-corrected chi connectivity index (χ1v) is 8.20. The van der Waals surface area contributed by atoms with Crippen LogP contribution in [0.15, 0.2) is 47.4 Å². The van der Waals surface area contributed by atoms with Crippen LogP contribution in [0.25, 0.3) is 0 Å². The maximum atomic E-state index is 12.9. The second kappa shape index (κ2) is 7.43. The lowest BCUT2D eigenvalue weighted by molar-refractivity contribution is 0.627. The molecule has 0 heterocycles. The number of anilines is 1. The van der Waals surface area contributed by atoms with Crippen LogP contribution < -0.4 is 11.1 Å². The molecule has 110 valence electrons. The van der Waals surface area contributed by atoms with Gasteiger partial charge in [0, 0.05) is 22.7 Å². The summed E-state index contributed by atoms with van der Waals surface area (Å²) in [7, 11) is 0. The van der Waals surface area contributed by atoms with Gasteiger partial charge in [-0.2, -0.15) is 0 Å². The summed E-state index contributed by atoms with van der Waals surface area (Å²) in [6.45, 7) is 0.735. The zero-order valence-electron chi connectivity index (χ0n) is 11.7. The van der Waals surface area contributed by atoms with Gasteiger partial charge in [0.25, 0.3) is 0 Å². The molecule has 2 rings (SSSR count). The molecule has 0 atom stereocenters. The van der Waals surface area contributed by atoms with Gasteiger partial charge in [-0.25, -0.2) is 4.39 Å². The van der Waals surface area contributed by atoms with Gasteiger partial charge in [-0.1, -0.05) is 30.4 Å². The Labute approximate surface area is 133 Å². The van der Waals surface area contributed by atoms with E-state index in [0.29, 0.717) is 4.99 Å². The second-order valence-corrected chi connectivity index (χ2v) is 5.84. The van der Waals surface area contributed by atoms with E-state index in [2.05, 4.69) is 5.32 Å². The Balaban J connectivity index is 2.06. The minimum atomic E-state index is -0.213. The van der Waals surface area contributed by atoms with Crippen molar-refractivity contribution in [2.24, 2.45) is 5.73 Å². The lowest BCUT2D eigenvalue weighted by atomic mass is 10.1. The number of benzene rings is 2. The number of halogens is 1. The van der Waals surface area contributed by atoms with Crippen LogP contribution in [0.2, 0.25) is 0 Å². The third kappa shape index (κ3) is 4.19. The average Bonchev–Trinajstić information content (AvgIpc) is 2.48. The summed E-state index contributed by atoms with van der Waals surface area (Å²) in [6.07, 6.45) is 2.81. The number of thiocarbonyl (C=S) groups is 1. The average molecular weight is 320 g/mol. The third-order valence-electron chi connectivity index (χ3n) is 3.13.